The first-order valence-electron chi connectivity index (χ1n) is 6.70. The summed E-state index contributed by atoms with van der Waals surface area (Å²) in [5.74, 6) is 0.537. The zero-order valence-electron chi connectivity index (χ0n) is 11.0. The lowest BCUT2D eigenvalue weighted by Gasteiger charge is -2.24. The molecule has 4 heteroatoms. The molecule has 0 spiro atoms. The summed E-state index contributed by atoms with van der Waals surface area (Å²) in [6, 6.07) is 4.31. The Hall–Kier alpha value is -1.09. The highest BCUT2D eigenvalue weighted by Crippen LogP contribution is 2.51. The monoisotopic (exact) mass is 281 g/mol. The van der Waals surface area contributed by atoms with Crippen molar-refractivity contribution in [2.24, 2.45) is 11.3 Å². The van der Waals surface area contributed by atoms with Crippen molar-refractivity contribution in [2.45, 2.75) is 32.7 Å². The molecule has 1 aromatic carbocycles. The van der Waals surface area contributed by atoms with Gasteiger partial charge in [0.25, 0.3) is 0 Å². The number of halogens is 2. The molecule has 2 aliphatic rings. The standard InChI is InChI=1S/C15H17ClFNO/c1-15(11-2-3-11)7-14(19)18(9-15)8-10-6-12(17)4-5-13(10)16/h4-6,11H,2-3,7-9H2,1H3/t15-/m0/s1. The van der Waals surface area contributed by atoms with Gasteiger partial charge in [-0.1, -0.05) is 18.5 Å². The Morgan fingerprint density at radius 1 is 1.47 bits per heavy atom. The van der Waals surface area contributed by atoms with Crippen LogP contribution >= 0.6 is 11.6 Å². The number of benzene rings is 1. The number of likely N-dealkylation sites (tertiary alicyclic amines) is 1. The van der Waals surface area contributed by atoms with Gasteiger partial charge in [0.15, 0.2) is 0 Å². The second-order valence-electron chi connectivity index (χ2n) is 6.09. The molecule has 0 N–H and O–H groups in total. The molecule has 1 heterocycles. The topological polar surface area (TPSA) is 20.3 Å². The first kappa shape index (κ1) is 12.9. The number of hydrogen-bond acceptors (Lipinski definition) is 1. The summed E-state index contributed by atoms with van der Waals surface area (Å²) in [4.78, 5) is 13.9. The first-order valence-corrected chi connectivity index (χ1v) is 7.07. The van der Waals surface area contributed by atoms with Crippen LogP contribution in [0.1, 0.15) is 31.7 Å². The Morgan fingerprint density at radius 3 is 2.89 bits per heavy atom. The van der Waals surface area contributed by atoms with Crippen LogP contribution in [-0.2, 0) is 11.3 Å². The maximum Gasteiger partial charge on any atom is 0.223 e. The SMILES string of the molecule is C[C@]1(C2CC2)CC(=O)N(Cc2cc(F)ccc2Cl)C1. The summed E-state index contributed by atoms with van der Waals surface area (Å²) in [7, 11) is 0. The predicted molar refractivity (Wildman–Crippen MR) is 72.3 cm³/mol. The lowest BCUT2D eigenvalue weighted by molar-refractivity contribution is -0.128. The normalized spacial score (nSPS) is 27.1. The molecule has 0 bridgehead atoms. The molecule has 2 nitrogen and oxygen atoms in total. The molecule has 0 unspecified atom stereocenters. The van der Waals surface area contributed by atoms with Gasteiger partial charge in [0.2, 0.25) is 5.91 Å². The van der Waals surface area contributed by atoms with Gasteiger partial charge in [0.05, 0.1) is 0 Å². The van der Waals surface area contributed by atoms with Crippen LogP contribution in [0.5, 0.6) is 0 Å². The van der Waals surface area contributed by atoms with Crippen LogP contribution < -0.4 is 0 Å². The quantitative estimate of drug-likeness (QED) is 0.828. The fourth-order valence-electron chi connectivity index (χ4n) is 3.11. The molecule has 1 amide bonds. The highest BCUT2D eigenvalue weighted by molar-refractivity contribution is 6.31. The van der Waals surface area contributed by atoms with Crippen molar-refractivity contribution in [3.05, 3.63) is 34.6 Å². The number of rotatable bonds is 3. The lowest BCUT2D eigenvalue weighted by atomic mass is 9.84. The smallest absolute Gasteiger partial charge is 0.223 e. The van der Waals surface area contributed by atoms with Gasteiger partial charge in [-0.15, -0.1) is 0 Å². The van der Waals surface area contributed by atoms with Gasteiger partial charge in [-0.3, -0.25) is 4.79 Å². The average molecular weight is 282 g/mol. The molecule has 3 rings (SSSR count). The van der Waals surface area contributed by atoms with Crippen molar-refractivity contribution in [3.8, 4) is 0 Å². The van der Waals surface area contributed by atoms with E-state index in [1.807, 2.05) is 4.90 Å². The molecule has 1 saturated carbocycles. The zero-order valence-corrected chi connectivity index (χ0v) is 11.7. The Morgan fingerprint density at radius 2 is 2.21 bits per heavy atom. The summed E-state index contributed by atoms with van der Waals surface area (Å²) in [5.41, 5.74) is 0.798. The maximum atomic E-state index is 13.2. The highest BCUT2D eigenvalue weighted by Gasteiger charge is 2.49. The van der Waals surface area contributed by atoms with E-state index in [1.165, 1.54) is 25.0 Å². The van der Waals surface area contributed by atoms with Crippen LogP contribution in [0, 0.1) is 17.2 Å². The summed E-state index contributed by atoms with van der Waals surface area (Å²) < 4.78 is 13.2. The van der Waals surface area contributed by atoms with Crippen molar-refractivity contribution >= 4 is 17.5 Å². The molecule has 1 atom stereocenters. The fraction of sp³-hybridized carbons (Fsp3) is 0.533. The van der Waals surface area contributed by atoms with Gasteiger partial charge in [-0.2, -0.15) is 0 Å². The highest BCUT2D eigenvalue weighted by atomic mass is 35.5. The van der Waals surface area contributed by atoms with Crippen molar-refractivity contribution < 1.29 is 9.18 Å². The maximum absolute atomic E-state index is 13.2. The third-order valence-electron chi connectivity index (χ3n) is 4.39. The van der Waals surface area contributed by atoms with Crippen molar-refractivity contribution in [1.82, 2.24) is 4.90 Å². The van der Waals surface area contributed by atoms with Crippen LogP contribution in [0.25, 0.3) is 0 Å². The minimum atomic E-state index is -0.309. The Kier molecular flexibility index (Phi) is 3.05. The zero-order chi connectivity index (χ0) is 13.6. The third-order valence-corrected chi connectivity index (χ3v) is 4.76. The second-order valence-corrected chi connectivity index (χ2v) is 6.50. The number of hydrogen-bond donors (Lipinski definition) is 0. The van der Waals surface area contributed by atoms with Crippen molar-refractivity contribution in [1.29, 1.82) is 0 Å². The van der Waals surface area contributed by atoms with Gasteiger partial charge in [0.1, 0.15) is 5.82 Å². The molecule has 2 fully saturated rings. The fourth-order valence-corrected chi connectivity index (χ4v) is 3.28. The number of carbonyl (C=O) groups is 1. The number of nitrogens with zero attached hydrogens (tertiary/aromatic N) is 1. The summed E-state index contributed by atoms with van der Waals surface area (Å²) >= 11 is 6.06. The number of carbonyl (C=O) groups excluding carboxylic acids is 1. The van der Waals surface area contributed by atoms with Gasteiger partial charge in [-0.25, -0.2) is 4.39 Å². The van der Waals surface area contributed by atoms with Crippen LogP contribution in [0.3, 0.4) is 0 Å². The molecule has 0 radical (unpaired) electrons. The molecular formula is C15H17ClFNO. The van der Waals surface area contributed by atoms with E-state index in [1.54, 1.807) is 6.07 Å². The van der Waals surface area contributed by atoms with Crippen LogP contribution in [0.15, 0.2) is 18.2 Å². The van der Waals surface area contributed by atoms with Gasteiger partial charge < -0.3 is 4.90 Å². The van der Waals surface area contributed by atoms with E-state index >= 15 is 0 Å². The molecule has 1 saturated heterocycles. The largest absolute Gasteiger partial charge is 0.338 e. The predicted octanol–water partition coefficient (Wildman–Crippen LogP) is 3.63. The molecule has 1 aliphatic heterocycles. The average Bonchev–Trinajstić information content (AvgIpc) is 3.13. The Labute approximate surface area is 117 Å². The van der Waals surface area contributed by atoms with Gasteiger partial charge in [-0.05, 0) is 47.9 Å². The molecular weight excluding hydrogens is 265 g/mol. The van der Waals surface area contributed by atoms with Crippen molar-refractivity contribution in [3.63, 3.8) is 0 Å². The van der Waals surface area contributed by atoms with Gasteiger partial charge >= 0.3 is 0 Å². The summed E-state index contributed by atoms with van der Waals surface area (Å²) in [6.45, 7) is 3.37. The molecule has 1 aromatic rings. The molecule has 19 heavy (non-hydrogen) atoms. The van der Waals surface area contributed by atoms with E-state index in [4.69, 9.17) is 11.6 Å². The first-order chi connectivity index (χ1) is 8.98. The summed E-state index contributed by atoms with van der Waals surface area (Å²) in [6.07, 6.45) is 3.08. The Balaban J connectivity index is 1.76. The van der Waals surface area contributed by atoms with Crippen LogP contribution in [0.4, 0.5) is 4.39 Å². The van der Waals surface area contributed by atoms with E-state index < -0.39 is 0 Å². The minimum Gasteiger partial charge on any atom is -0.338 e. The van der Waals surface area contributed by atoms with E-state index in [-0.39, 0.29) is 17.1 Å². The van der Waals surface area contributed by atoms with Crippen LogP contribution in [-0.4, -0.2) is 17.4 Å². The van der Waals surface area contributed by atoms with Crippen molar-refractivity contribution in [2.75, 3.05) is 6.54 Å². The van der Waals surface area contributed by atoms with Crippen LogP contribution in [0.2, 0.25) is 5.02 Å². The Bertz CT molecular complexity index is 529. The van der Waals surface area contributed by atoms with E-state index in [9.17, 15) is 9.18 Å². The molecule has 1 aliphatic carbocycles. The van der Waals surface area contributed by atoms with E-state index in [2.05, 4.69) is 6.92 Å². The minimum absolute atomic E-state index is 0.108. The number of amides is 1. The second kappa shape index (κ2) is 4.48. The van der Waals surface area contributed by atoms with E-state index in [0.717, 1.165) is 6.54 Å². The lowest BCUT2D eigenvalue weighted by Crippen LogP contribution is -2.28. The van der Waals surface area contributed by atoms with Gasteiger partial charge in [0, 0.05) is 24.5 Å². The summed E-state index contributed by atoms with van der Waals surface area (Å²) in [5, 5.41) is 0.522. The van der Waals surface area contributed by atoms with E-state index in [0.29, 0.717) is 29.5 Å². The molecule has 0 aromatic heterocycles. The third kappa shape index (κ3) is 2.48. The molecule has 102 valence electrons.